The fraction of sp³-hybridized carbons (Fsp3) is 0.364. The van der Waals surface area contributed by atoms with Crippen LogP contribution in [0.3, 0.4) is 0 Å². The van der Waals surface area contributed by atoms with Crippen molar-refractivity contribution >= 4 is 24.1 Å². The molecule has 16 heavy (non-hydrogen) atoms. The zero-order chi connectivity index (χ0) is 11.1. The van der Waals surface area contributed by atoms with Crippen molar-refractivity contribution in [3.63, 3.8) is 0 Å². The molecule has 0 saturated heterocycles. The van der Waals surface area contributed by atoms with Crippen molar-refractivity contribution in [2.75, 3.05) is 25.5 Å². The van der Waals surface area contributed by atoms with Crippen molar-refractivity contribution in [1.29, 1.82) is 0 Å². The minimum atomic E-state index is -0.328. The van der Waals surface area contributed by atoms with Crippen LogP contribution in [0.15, 0.2) is 24.3 Å². The predicted octanol–water partition coefficient (Wildman–Crippen LogP) is 1.66. The molecule has 0 radical (unpaired) electrons. The summed E-state index contributed by atoms with van der Waals surface area (Å²) in [6.07, 6.45) is 0.871. The summed E-state index contributed by atoms with van der Waals surface area (Å²) in [5, 5.41) is 3.15. The van der Waals surface area contributed by atoms with Crippen LogP contribution in [0.5, 0.6) is 0 Å². The van der Waals surface area contributed by atoms with E-state index in [2.05, 4.69) is 10.1 Å². The van der Waals surface area contributed by atoms with Gasteiger partial charge >= 0.3 is 5.97 Å². The van der Waals surface area contributed by atoms with Crippen LogP contribution in [0.2, 0.25) is 0 Å². The van der Waals surface area contributed by atoms with Gasteiger partial charge in [-0.05, 0) is 25.1 Å². The number of para-hydroxylation sites is 1. The number of benzene rings is 1. The molecule has 1 aromatic rings. The summed E-state index contributed by atoms with van der Waals surface area (Å²) in [7, 11) is 1.37. The Bertz CT molecular complexity index is 332. The number of nitrogens with one attached hydrogen (secondary N) is 1. The number of hydrogen-bond donors (Lipinski definition) is 2. The molecule has 1 aromatic carbocycles. The second kappa shape index (κ2) is 7.96. The Labute approximate surface area is 102 Å². The molecule has 0 amide bonds. The summed E-state index contributed by atoms with van der Waals surface area (Å²) < 4.78 is 4.68. The third kappa shape index (κ3) is 4.08. The number of nitrogens with two attached hydrogens (primary N) is 1. The van der Waals surface area contributed by atoms with Crippen LogP contribution in [0.4, 0.5) is 5.69 Å². The molecule has 0 spiro atoms. The van der Waals surface area contributed by atoms with E-state index in [1.165, 1.54) is 7.11 Å². The fourth-order valence-corrected chi connectivity index (χ4v) is 1.25. The highest BCUT2D eigenvalue weighted by Crippen LogP contribution is 2.15. The molecular formula is C11H17ClN2O2. The molecule has 0 aliphatic rings. The first-order valence-electron chi connectivity index (χ1n) is 4.91. The van der Waals surface area contributed by atoms with Gasteiger partial charge in [-0.3, -0.25) is 0 Å². The third-order valence-corrected chi connectivity index (χ3v) is 2.03. The highest BCUT2D eigenvalue weighted by Gasteiger charge is 2.09. The normalized spacial score (nSPS) is 9.12. The van der Waals surface area contributed by atoms with Crippen molar-refractivity contribution in [2.45, 2.75) is 6.42 Å². The summed E-state index contributed by atoms with van der Waals surface area (Å²) in [5.41, 5.74) is 6.73. The second-order valence-electron chi connectivity index (χ2n) is 3.11. The van der Waals surface area contributed by atoms with Gasteiger partial charge in [0.1, 0.15) is 0 Å². The van der Waals surface area contributed by atoms with Crippen molar-refractivity contribution in [3.8, 4) is 0 Å². The van der Waals surface area contributed by atoms with E-state index < -0.39 is 0 Å². The van der Waals surface area contributed by atoms with Gasteiger partial charge in [0.2, 0.25) is 0 Å². The average molecular weight is 245 g/mol. The van der Waals surface area contributed by atoms with Crippen LogP contribution in [-0.4, -0.2) is 26.2 Å². The van der Waals surface area contributed by atoms with E-state index in [0.29, 0.717) is 12.1 Å². The second-order valence-corrected chi connectivity index (χ2v) is 3.11. The Morgan fingerprint density at radius 2 is 2.12 bits per heavy atom. The van der Waals surface area contributed by atoms with Crippen molar-refractivity contribution in [1.82, 2.24) is 0 Å². The molecule has 1 rings (SSSR count). The molecule has 3 N–H and O–H groups in total. The lowest BCUT2D eigenvalue weighted by Gasteiger charge is -2.09. The molecule has 90 valence electrons. The van der Waals surface area contributed by atoms with Crippen LogP contribution in [0, 0.1) is 0 Å². The molecule has 0 aromatic heterocycles. The zero-order valence-corrected chi connectivity index (χ0v) is 10.0. The quantitative estimate of drug-likeness (QED) is 0.611. The summed E-state index contributed by atoms with van der Waals surface area (Å²) in [6, 6.07) is 7.26. The smallest absolute Gasteiger partial charge is 0.339 e. The van der Waals surface area contributed by atoms with Crippen LogP contribution in [-0.2, 0) is 4.74 Å². The summed E-state index contributed by atoms with van der Waals surface area (Å²) >= 11 is 0. The Hall–Kier alpha value is -1.26. The first-order chi connectivity index (χ1) is 7.29. The van der Waals surface area contributed by atoms with E-state index in [1.807, 2.05) is 12.1 Å². The molecule has 4 nitrogen and oxygen atoms in total. The number of methoxy groups -OCH3 is 1. The maximum Gasteiger partial charge on any atom is 0.339 e. The zero-order valence-electron chi connectivity index (χ0n) is 9.23. The SMILES string of the molecule is COC(=O)c1ccccc1NCCCN.Cl. The number of hydrogen-bond acceptors (Lipinski definition) is 4. The number of rotatable bonds is 5. The fourth-order valence-electron chi connectivity index (χ4n) is 1.25. The maximum atomic E-state index is 11.4. The third-order valence-electron chi connectivity index (χ3n) is 2.03. The van der Waals surface area contributed by atoms with Gasteiger partial charge in [-0.1, -0.05) is 12.1 Å². The number of ether oxygens (including phenoxy) is 1. The van der Waals surface area contributed by atoms with E-state index in [-0.39, 0.29) is 18.4 Å². The van der Waals surface area contributed by atoms with Gasteiger partial charge in [-0.15, -0.1) is 12.4 Å². The van der Waals surface area contributed by atoms with Crippen LogP contribution >= 0.6 is 12.4 Å². The van der Waals surface area contributed by atoms with Gasteiger partial charge in [-0.2, -0.15) is 0 Å². The lowest BCUT2D eigenvalue weighted by molar-refractivity contribution is 0.0602. The van der Waals surface area contributed by atoms with E-state index in [9.17, 15) is 4.79 Å². The number of anilines is 1. The predicted molar refractivity (Wildman–Crippen MR) is 67.2 cm³/mol. The molecule has 0 bridgehead atoms. The molecule has 0 saturated carbocycles. The first kappa shape index (κ1) is 14.7. The van der Waals surface area contributed by atoms with E-state index in [1.54, 1.807) is 12.1 Å². The van der Waals surface area contributed by atoms with Gasteiger partial charge in [-0.25, -0.2) is 4.79 Å². The van der Waals surface area contributed by atoms with Gasteiger partial charge in [0.05, 0.1) is 12.7 Å². The van der Waals surface area contributed by atoms with E-state index >= 15 is 0 Å². The Balaban J connectivity index is 0.00000225. The molecule has 0 aliphatic carbocycles. The Morgan fingerprint density at radius 3 is 2.75 bits per heavy atom. The van der Waals surface area contributed by atoms with Crippen molar-refractivity contribution < 1.29 is 9.53 Å². The minimum absolute atomic E-state index is 0. The summed E-state index contributed by atoms with van der Waals surface area (Å²) in [6.45, 7) is 1.39. The van der Waals surface area contributed by atoms with Gasteiger partial charge in [0.15, 0.2) is 0 Å². The molecule has 0 unspecified atom stereocenters. The lowest BCUT2D eigenvalue weighted by Crippen LogP contribution is -2.12. The largest absolute Gasteiger partial charge is 0.465 e. The highest BCUT2D eigenvalue weighted by molar-refractivity contribution is 5.95. The molecule has 0 heterocycles. The van der Waals surface area contributed by atoms with Gasteiger partial charge < -0.3 is 15.8 Å². The van der Waals surface area contributed by atoms with Crippen molar-refractivity contribution in [3.05, 3.63) is 29.8 Å². The maximum absolute atomic E-state index is 11.4. The molecule has 0 aliphatic heterocycles. The van der Waals surface area contributed by atoms with Crippen molar-refractivity contribution in [2.24, 2.45) is 5.73 Å². The molecule has 5 heteroatoms. The Kier molecular flexibility index (Phi) is 7.33. The van der Waals surface area contributed by atoms with E-state index in [4.69, 9.17) is 5.73 Å². The minimum Gasteiger partial charge on any atom is -0.465 e. The standard InChI is InChI=1S/C11H16N2O2.ClH/c1-15-11(14)9-5-2-3-6-10(9)13-8-4-7-12;/h2-3,5-6,13H,4,7-8,12H2,1H3;1H. The van der Waals surface area contributed by atoms with Crippen LogP contribution in [0.1, 0.15) is 16.8 Å². The van der Waals surface area contributed by atoms with E-state index in [0.717, 1.165) is 18.7 Å². The number of esters is 1. The number of halogens is 1. The number of carbonyl (C=O) groups excluding carboxylic acids is 1. The average Bonchev–Trinajstić information content (AvgIpc) is 2.29. The van der Waals surface area contributed by atoms with Gasteiger partial charge in [0, 0.05) is 12.2 Å². The van der Waals surface area contributed by atoms with Crippen LogP contribution < -0.4 is 11.1 Å². The Morgan fingerprint density at radius 1 is 1.44 bits per heavy atom. The summed E-state index contributed by atoms with van der Waals surface area (Å²) in [4.78, 5) is 11.4. The highest BCUT2D eigenvalue weighted by atomic mass is 35.5. The molecule has 0 atom stereocenters. The van der Waals surface area contributed by atoms with Crippen LogP contribution in [0.25, 0.3) is 0 Å². The number of carbonyl (C=O) groups is 1. The lowest BCUT2D eigenvalue weighted by atomic mass is 10.2. The topological polar surface area (TPSA) is 64.3 Å². The molecular weight excluding hydrogens is 228 g/mol. The first-order valence-corrected chi connectivity index (χ1v) is 4.91. The molecule has 0 fully saturated rings. The monoisotopic (exact) mass is 244 g/mol. The van der Waals surface area contributed by atoms with Gasteiger partial charge in [0.25, 0.3) is 0 Å². The summed E-state index contributed by atoms with van der Waals surface area (Å²) in [5.74, 6) is -0.328.